The number of hydrogen-bond donors (Lipinski definition) is 2. The Morgan fingerprint density at radius 2 is 1.65 bits per heavy atom. The standard InChI is InChI=1S/C26H28FN5O2/c27-23-4-2-1-3-21(23)18-31-13-15-32(16-14-31)25(33)17-24(28)19-5-7-20(8-6-19)26(34)30-22-9-11-29-12-10-22/h1-12,24H,13-18,28H2,(H,29,30,34). The number of hydrogen-bond acceptors (Lipinski definition) is 5. The number of nitrogens with one attached hydrogen (secondary N) is 1. The SMILES string of the molecule is NC(CC(=O)N1CCN(Cc2ccccc2F)CC1)c1ccc(C(=O)Nc2ccncc2)cc1. The maximum absolute atomic E-state index is 13.9. The van der Waals surface area contributed by atoms with Gasteiger partial charge in [-0.2, -0.15) is 0 Å². The molecule has 0 bridgehead atoms. The van der Waals surface area contributed by atoms with Crippen LogP contribution in [0.25, 0.3) is 0 Å². The van der Waals surface area contributed by atoms with Crippen LogP contribution in [0.2, 0.25) is 0 Å². The van der Waals surface area contributed by atoms with Crippen LogP contribution in [0.1, 0.15) is 33.9 Å². The molecule has 1 aliphatic heterocycles. The highest BCUT2D eigenvalue weighted by Crippen LogP contribution is 2.19. The number of halogens is 1. The van der Waals surface area contributed by atoms with E-state index in [0.29, 0.717) is 49.5 Å². The first-order chi connectivity index (χ1) is 16.5. The van der Waals surface area contributed by atoms with Crippen LogP contribution in [0.3, 0.4) is 0 Å². The molecule has 1 unspecified atom stereocenters. The van der Waals surface area contributed by atoms with E-state index in [9.17, 15) is 14.0 Å². The zero-order chi connectivity index (χ0) is 23.9. The predicted octanol–water partition coefficient (Wildman–Crippen LogP) is 3.21. The molecule has 1 aliphatic rings. The van der Waals surface area contributed by atoms with Gasteiger partial charge in [-0.1, -0.05) is 30.3 Å². The van der Waals surface area contributed by atoms with Crippen molar-refractivity contribution in [2.75, 3.05) is 31.5 Å². The number of piperazine rings is 1. The van der Waals surface area contributed by atoms with Gasteiger partial charge in [-0.05, 0) is 35.9 Å². The normalized spacial score (nSPS) is 15.1. The number of pyridine rings is 1. The molecule has 7 nitrogen and oxygen atoms in total. The maximum atomic E-state index is 13.9. The molecule has 8 heteroatoms. The average Bonchev–Trinajstić information content (AvgIpc) is 2.86. The van der Waals surface area contributed by atoms with E-state index in [-0.39, 0.29) is 24.1 Å². The number of aromatic nitrogens is 1. The third-order valence-corrected chi connectivity index (χ3v) is 6.01. The zero-order valence-corrected chi connectivity index (χ0v) is 18.9. The molecule has 0 aliphatic carbocycles. The molecule has 176 valence electrons. The van der Waals surface area contributed by atoms with Gasteiger partial charge in [-0.15, -0.1) is 0 Å². The third-order valence-electron chi connectivity index (χ3n) is 6.01. The van der Waals surface area contributed by atoms with Gasteiger partial charge in [-0.3, -0.25) is 19.5 Å². The summed E-state index contributed by atoms with van der Waals surface area (Å²) < 4.78 is 13.9. The fourth-order valence-corrected chi connectivity index (χ4v) is 3.98. The minimum absolute atomic E-state index is 0.00227. The minimum Gasteiger partial charge on any atom is -0.340 e. The molecule has 0 spiro atoms. The Morgan fingerprint density at radius 1 is 0.971 bits per heavy atom. The number of rotatable bonds is 7. The lowest BCUT2D eigenvalue weighted by molar-refractivity contribution is -0.133. The summed E-state index contributed by atoms with van der Waals surface area (Å²) in [4.78, 5) is 33.1. The molecule has 1 aromatic heterocycles. The summed E-state index contributed by atoms with van der Waals surface area (Å²) in [6, 6.07) is 16.7. The van der Waals surface area contributed by atoms with E-state index in [2.05, 4.69) is 15.2 Å². The summed E-state index contributed by atoms with van der Waals surface area (Å²) in [5.74, 6) is -0.430. The van der Waals surface area contributed by atoms with Crippen molar-refractivity contribution in [2.45, 2.75) is 19.0 Å². The van der Waals surface area contributed by atoms with Crippen molar-refractivity contribution in [1.82, 2.24) is 14.8 Å². The topological polar surface area (TPSA) is 91.6 Å². The molecule has 2 aromatic carbocycles. The van der Waals surface area contributed by atoms with Gasteiger partial charge in [0.15, 0.2) is 0 Å². The fraction of sp³-hybridized carbons (Fsp3) is 0.269. The average molecular weight is 462 g/mol. The minimum atomic E-state index is -0.457. The maximum Gasteiger partial charge on any atom is 0.255 e. The Labute approximate surface area is 198 Å². The Hall–Kier alpha value is -3.62. The Bertz CT molecular complexity index is 1120. The number of anilines is 1. The monoisotopic (exact) mass is 461 g/mol. The van der Waals surface area contributed by atoms with Crippen molar-refractivity contribution in [3.63, 3.8) is 0 Å². The first kappa shape index (κ1) is 23.5. The number of carbonyl (C=O) groups is 2. The summed E-state index contributed by atoms with van der Waals surface area (Å²) >= 11 is 0. The number of benzene rings is 2. The summed E-state index contributed by atoms with van der Waals surface area (Å²) in [5.41, 5.74) is 8.93. The second-order valence-corrected chi connectivity index (χ2v) is 8.37. The quantitative estimate of drug-likeness (QED) is 0.564. The fourth-order valence-electron chi connectivity index (χ4n) is 3.98. The first-order valence-electron chi connectivity index (χ1n) is 11.3. The highest BCUT2D eigenvalue weighted by molar-refractivity contribution is 6.04. The van der Waals surface area contributed by atoms with Crippen LogP contribution >= 0.6 is 0 Å². The number of nitrogens with zero attached hydrogens (tertiary/aromatic N) is 3. The van der Waals surface area contributed by atoms with Crippen LogP contribution in [-0.2, 0) is 11.3 Å². The van der Waals surface area contributed by atoms with Crippen LogP contribution in [-0.4, -0.2) is 52.8 Å². The molecule has 34 heavy (non-hydrogen) atoms. The molecule has 3 N–H and O–H groups in total. The van der Waals surface area contributed by atoms with Crippen molar-refractivity contribution < 1.29 is 14.0 Å². The van der Waals surface area contributed by atoms with Crippen molar-refractivity contribution in [2.24, 2.45) is 5.73 Å². The molecular formula is C26H28FN5O2. The largest absolute Gasteiger partial charge is 0.340 e. The Morgan fingerprint density at radius 3 is 2.32 bits per heavy atom. The van der Waals surface area contributed by atoms with Crippen molar-refractivity contribution >= 4 is 17.5 Å². The number of carbonyl (C=O) groups excluding carboxylic acids is 2. The van der Waals surface area contributed by atoms with Crippen LogP contribution < -0.4 is 11.1 Å². The summed E-state index contributed by atoms with van der Waals surface area (Å²) in [6.45, 7) is 3.10. The first-order valence-corrected chi connectivity index (χ1v) is 11.3. The Kier molecular flexibility index (Phi) is 7.61. The van der Waals surface area contributed by atoms with Gasteiger partial charge < -0.3 is 16.0 Å². The highest BCUT2D eigenvalue weighted by Gasteiger charge is 2.23. The van der Waals surface area contributed by atoms with Crippen LogP contribution in [0, 0.1) is 5.82 Å². The van der Waals surface area contributed by atoms with E-state index in [1.165, 1.54) is 6.07 Å². The van der Waals surface area contributed by atoms with Crippen molar-refractivity contribution in [3.05, 3.63) is 95.6 Å². The zero-order valence-electron chi connectivity index (χ0n) is 18.9. The van der Waals surface area contributed by atoms with Crippen molar-refractivity contribution in [1.29, 1.82) is 0 Å². The number of nitrogens with two attached hydrogens (primary N) is 1. The lowest BCUT2D eigenvalue weighted by Gasteiger charge is -2.35. The molecule has 0 saturated carbocycles. The van der Waals surface area contributed by atoms with Gasteiger partial charge in [0.2, 0.25) is 5.91 Å². The molecule has 2 heterocycles. The smallest absolute Gasteiger partial charge is 0.255 e. The summed E-state index contributed by atoms with van der Waals surface area (Å²) in [5, 5.41) is 2.81. The molecule has 2 amide bonds. The second-order valence-electron chi connectivity index (χ2n) is 8.37. The van der Waals surface area contributed by atoms with E-state index in [1.54, 1.807) is 60.9 Å². The van der Waals surface area contributed by atoms with Crippen LogP contribution in [0.15, 0.2) is 73.1 Å². The lowest BCUT2D eigenvalue weighted by Crippen LogP contribution is -2.48. The molecule has 1 fully saturated rings. The van der Waals surface area contributed by atoms with Gasteiger partial charge in [0.25, 0.3) is 5.91 Å². The van der Waals surface area contributed by atoms with Gasteiger partial charge in [0, 0.05) is 74.4 Å². The highest BCUT2D eigenvalue weighted by atomic mass is 19.1. The predicted molar refractivity (Wildman–Crippen MR) is 128 cm³/mol. The third kappa shape index (κ3) is 6.03. The van der Waals surface area contributed by atoms with Crippen LogP contribution in [0.5, 0.6) is 0 Å². The van der Waals surface area contributed by atoms with Gasteiger partial charge in [0.05, 0.1) is 0 Å². The van der Waals surface area contributed by atoms with E-state index in [4.69, 9.17) is 5.73 Å². The van der Waals surface area contributed by atoms with Crippen molar-refractivity contribution in [3.8, 4) is 0 Å². The van der Waals surface area contributed by atoms with Crippen LogP contribution in [0.4, 0.5) is 10.1 Å². The van der Waals surface area contributed by atoms with Gasteiger partial charge in [-0.25, -0.2) is 4.39 Å². The van der Waals surface area contributed by atoms with Gasteiger partial charge >= 0.3 is 0 Å². The van der Waals surface area contributed by atoms with E-state index >= 15 is 0 Å². The molecule has 1 saturated heterocycles. The molecule has 3 aromatic rings. The van der Waals surface area contributed by atoms with E-state index in [1.807, 2.05) is 11.0 Å². The molecule has 0 radical (unpaired) electrons. The van der Waals surface area contributed by atoms with E-state index in [0.717, 1.165) is 5.56 Å². The molecule has 4 rings (SSSR count). The Balaban J connectivity index is 1.26. The number of amides is 2. The van der Waals surface area contributed by atoms with E-state index < -0.39 is 6.04 Å². The van der Waals surface area contributed by atoms with Gasteiger partial charge in [0.1, 0.15) is 5.82 Å². The summed E-state index contributed by atoms with van der Waals surface area (Å²) in [6.07, 6.45) is 3.41. The second kappa shape index (κ2) is 11.0. The lowest BCUT2D eigenvalue weighted by atomic mass is 10.0. The molecule has 1 atom stereocenters. The summed E-state index contributed by atoms with van der Waals surface area (Å²) in [7, 11) is 0. The molecular weight excluding hydrogens is 433 g/mol.